The van der Waals surface area contributed by atoms with Gasteiger partial charge in [0.15, 0.2) is 0 Å². The maximum Gasteiger partial charge on any atom is 0.304 e. The Morgan fingerprint density at radius 1 is 1.53 bits per heavy atom. The minimum absolute atomic E-state index is 0.0399. The summed E-state index contributed by atoms with van der Waals surface area (Å²) >= 11 is 1.92. The number of carbonyl (C=O) groups is 1. The third-order valence-corrected chi connectivity index (χ3v) is 5.07. The molecule has 3 rings (SSSR count). The SMILES string of the molecule is CC1Cc2c(cccc2C2(CC(=O)O)CC2)S1. The summed E-state index contributed by atoms with van der Waals surface area (Å²) in [5.41, 5.74) is 2.69. The van der Waals surface area contributed by atoms with E-state index in [1.165, 1.54) is 16.0 Å². The molecule has 1 atom stereocenters. The third kappa shape index (κ3) is 1.86. The summed E-state index contributed by atoms with van der Waals surface area (Å²) in [6.07, 6.45) is 3.46. The minimum Gasteiger partial charge on any atom is -0.481 e. The van der Waals surface area contributed by atoms with Crippen molar-refractivity contribution in [1.29, 1.82) is 0 Å². The summed E-state index contributed by atoms with van der Waals surface area (Å²) in [7, 11) is 0. The molecule has 0 bridgehead atoms. The molecule has 3 heteroatoms. The highest BCUT2D eigenvalue weighted by Gasteiger charge is 2.47. The number of carboxylic acid groups (broad SMARTS) is 1. The van der Waals surface area contributed by atoms with Gasteiger partial charge >= 0.3 is 5.97 Å². The van der Waals surface area contributed by atoms with E-state index in [0.29, 0.717) is 11.7 Å². The van der Waals surface area contributed by atoms with Gasteiger partial charge in [0.25, 0.3) is 0 Å². The van der Waals surface area contributed by atoms with Crippen LogP contribution in [0.25, 0.3) is 0 Å². The number of hydrogen-bond donors (Lipinski definition) is 1. The molecule has 17 heavy (non-hydrogen) atoms. The van der Waals surface area contributed by atoms with Gasteiger partial charge in [-0.1, -0.05) is 19.1 Å². The Morgan fingerprint density at radius 2 is 2.29 bits per heavy atom. The van der Waals surface area contributed by atoms with Crippen LogP contribution in [0.1, 0.15) is 37.3 Å². The Kier molecular flexibility index (Phi) is 2.47. The first-order chi connectivity index (χ1) is 8.11. The lowest BCUT2D eigenvalue weighted by atomic mass is 9.87. The standard InChI is InChI=1S/C14H16O2S/c1-9-7-10-11(3-2-4-12(10)17-9)14(5-6-14)8-13(15)16/h2-4,9H,5-8H2,1H3,(H,15,16). The molecule has 1 saturated carbocycles. The van der Waals surface area contributed by atoms with E-state index in [0.717, 1.165) is 19.3 Å². The van der Waals surface area contributed by atoms with Gasteiger partial charge in [0.1, 0.15) is 0 Å². The van der Waals surface area contributed by atoms with E-state index in [2.05, 4.69) is 25.1 Å². The Balaban J connectivity index is 2.00. The van der Waals surface area contributed by atoms with Gasteiger partial charge in [-0.2, -0.15) is 0 Å². The summed E-state index contributed by atoms with van der Waals surface area (Å²) in [4.78, 5) is 12.4. The van der Waals surface area contributed by atoms with Crippen molar-refractivity contribution in [2.75, 3.05) is 0 Å². The number of aliphatic carboxylic acids is 1. The number of benzene rings is 1. The first-order valence-corrected chi connectivity index (χ1v) is 6.99. The monoisotopic (exact) mass is 248 g/mol. The molecule has 0 radical (unpaired) electrons. The van der Waals surface area contributed by atoms with E-state index >= 15 is 0 Å². The fourth-order valence-corrected chi connectivity index (χ4v) is 4.09. The van der Waals surface area contributed by atoms with Gasteiger partial charge in [-0.3, -0.25) is 4.79 Å². The highest BCUT2D eigenvalue weighted by molar-refractivity contribution is 8.00. The molecule has 1 fully saturated rings. The van der Waals surface area contributed by atoms with Crippen LogP contribution in [-0.2, 0) is 16.6 Å². The summed E-state index contributed by atoms with van der Waals surface area (Å²) in [5.74, 6) is -0.668. The Labute approximate surface area is 105 Å². The van der Waals surface area contributed by atoms with Gasteiger partial charge in [0.05, 0.1) is 6.42 Å². The highest BCUT2D eigenvalue weighted by atomic mass is 32.2. The van der Waals surface area contributed by atoms with Crippen molar-refractivity contribution < 1.29 is 9.90 Å². The predicted molar refractivity (Wildman–Crippen MR) is 68.6 cm³/mol. The largest absolute Gasteiger partial charge is 0.481 e. The molecule has 2 aliphatic rings. The zero-order valence-electron chi connectivity index (χ0n) is 9.90. The zero-order valence-corrected chi connectivity index (χ0v) is 10.7. The van der Waals surface area contributed by atoms with Crippen LogP contribution in [0.15, 0.2) is 23.1 Å². The molecule has 1 unspecified atom stereocenters. The van der Waals surface area contributed by atoms with Crippen LogP contribution in [0.3, 0.4) is 0 Å². The van der Waals surface area contributed by atoms with E-state index in [1.54, 1.807) is 0 Å². The number of rotatable bonds is 3. The van der Waals surface area contributed by atoms with Crippen LogP contribution in [0, 0.1) is 0 Å². The average molecular weight is 248 g/mol. The lowest BCUT2D eigenvalue weighted by Crippen LogP contribution is -2.15. The summed E-state index contributed by atoms with van der Waals surface area (Å²) in [6, 6.07) is 6.40. The van der Waals surface area contributed by atoms with E-state index in [9.17, 15) is 4.79 Å². The van der Waals surface area contributed by atoms with Crippen molar-refractivity contribution in [2.24, 2.45) is 0 Å². The van der Waals surface area contributed by atoms with Crippen LogP contribution in [0.2, 0.25) is 0 Å². The number of carboxylic acids is 1. The fraction of sp³-hybridized carbons (Fsp3) is 0.500. The van der Waals surface area contributed by atoms with Crippen LogP contribution in [0.5, 0.6) is 0 Å². The van der Waals surface area contributed by atoms with E-state index < -0.39 is 5.97 Å². The van der Waals surface area contributed by atoms with Gasteiger partial charge in [0, 0.05) is 15.6 Å². The summed E-state index contributed by atoms with van der Waals surface area (Å²) in [5, 5.41) is 9.68. The molecule has 1 N–H and O–H groups in total. The first-order valence-electron chi connectivity index (χ1n) is 6.11. The molecule has 90 valence electrons. The number of hydrogen-bond acceptors (Lipinski definition) is 2. The molecule has 1 aliphatic carbocycles. The average Bonchev–Trinajstić information content (AvgIpc) is 2.90. The van der Waals surface area contributed by atoms with Gasteiger partial charge < -0.3 is 5.11 Å². The molecular formula is C14H16O2S. The lowest BCUT2D eigenvalue weighted by Gasteiger charge is -2.17. The van der Waals surface area contributed by atoms with Gasteiger partial charge in [-0.05, 0) is 36.5 Å². The molecule has 0 amide bonds. The zero-order chi connectivity index (χ0) is 12.0. The van der Waals surface area contributed by atoms with Crippen molar-refractivity contribution in [1.82, 2.24) is 0 Å². The molecule has 0 saturated heterocycles. The molecule has 1 aromatic carbocycles. The second kappa shape index (κ2) is 3.77. The van der Waals surface area contributed by atoms with E-state index in [4.69, 9.17) is 5.11 Å². The van der Waals surface area contributed by atoms with Crippen molar-refractivity contribution in [3.63, 3.8) is 0 Å². The molecule has 1 aromatic rings. The predicted octanol–water partition coefficient (Wildman–Crippen LogP) is 3.23. The number of thioether (sulfide) groups is 1. The summed E-state index contributed by atoms with van der Waals surface area (Å²) in [6.45, 7) is 2.24. The maximum absolute atomic E-state index is 11.0. The van der Waals surface area contributed by atoms with Crippen LogP contribution in [-0.4, -0.2) is 16.3 Å². The summed E-state index contributed by atoms with van der Waals surface area (Å²) < 4.78 is 0. The van der Waals surface area contributed by atoms with Crippen molar-refractivity contribution in [3.05, 3.63) is 29.3 Å². The third-order valence-electron chi connectivity index (χ3n) is 3.87. The fourth-order valence-electron chi connectivity index (χ4n) is 2.91. The van der Waals surface area contributed by atoms with Crippen molar-refractivity contribution in [3.8, 4) is 0 Å². The second-order valence-corrected chi connectivity index (χ2v) is 6.75. The topological polar surface area (TPSA) is 37.3 Å². The maximum atomic E-state index is 11.0. The quantitative estimate of drug-likeness (QED) is 0.892. The molecule has 1 heterocycles. The second-order valence-electron chi connectivity index (χ2n) is 5.27. The number of fused-ring (bicyclic) bond motifs is 1. The van der Waals surface area contributed by atoms with Crippen molar-refractivity contribution >= 4 is 17.7 Å². The van der Waals surface area contributed by atoms with Crippen molar-refractivity contribution in [2.45, 2.75) is 48.2 Å². The highest BCUT2D eigenvalue weighted by Crippen LogP contribution is 2.54. The van der Waals surface area contributed by atoms with Gasteiger partial charge in [-0.15, -0.1) is 11.8 Å². The molecule has 1 aliphatic heterocycles. The van der Waals surface area contributed by atoms with Crippen LogP contribution < -0.4 is 0 Å². The lowest BCUT2D eigenvalue weighted by molar-refractivity contribution is -0.137. The van der Waals surface area contributed by atoms with Gasteiger partial charge in [-0.25, -0.2) is 0 Å². The molecule has 0 aromatic heterocycles. The Hall–Kier alpha value is -0.960. The molecule has 2 nitrogen and oxygen atoms in total. The minimum atomic E-state index is -0.668. The first kappa shape index (κ1) is 11.1. The normalized spacial score (nSPS) is 24.4. The Morgan fingerprint density at radius 3 is 2.94 bits per heavy atom. The van der Waals surface area contributed by atoms with Crippen LogP contribution >= 0.6 is 11.8 Å². The van der Waals surface area contributed by atoms with Gasteiger partial charge in [0.2, 0.25) is 0 Å². The smallest absolute Gasteiger partial charge is 0.304 e. The molecular weight excluding hydrogens is 232 g/mol. The van der Waals surface area contributed by atoms with Crippen LogP contribution in [0.4, 0.5) is 0 Å². The molecule has 0 spiro atoms. The van der Waals surface area contributed by atoms with E-state index in [-0.39, 0.29) is 5.41 Å². The Bertz CT molecular complexity index is 477. The van der Waals surface area contributed by atoms with E-state index in [1.807, 2.05) is 11.8 Å².